The van der Waals surface area contributed by atoms with Crippen molar-refractivity contribution in [1.29, 1.82) is 0 Å². The largest absolute Gasteiger partial charge is 0.493 e. The van der Waals surface area contributed by atoms with Crippen LogP contribution in [0.25, 0.3) is 0 Å². The summed E-state index contributed by atoms with van der Waals surface area (Å²) in [5.74, 6) is 1.38. The van der Waals surface area contributed by atoms with Crippen molar-refractivity contribution in [2.45, 2.75) is 13.3 Å². The SMILES string of the molecule is Cc1cc(NC(=O)CCOc2ccccc2)n(C)n1. The van der Waals surface area contributed by atoms with Crippen molar-refractivity contribution in [3.05, 3.63) is 42.1 Å². The molecule has 0 radical (unpaired) electrons. The molecule has 2 aromatic rings. The molecule has 0 bridgehead atoms. The lowest BCUT2D eigenvalue weighted by atomic mass is 10.3. The summed E-state index contributed by atoms with van der Waals surface area (Å²) < 4.78 is 7.11. The van der Waals surface area contributed by atoms with Crippen molar-refractivity contribution in [2.24, 2.45) is 7.05 Å². The molecule has 0 spiro atoms. The minimum atomic E-state index is -0.0843. The van der Waals surface area contributed by atoms with Crippen LogP contribution in [0.3, 0.4) is 0 Å². The second-order valence-corrected chi connectivity index (χ2v) is 4.25. The van der Waals surface area contributed by atoms with Gasteiger partial charge in [0.15, 0.2) is 0 Å². The molecular formula is C14H17N3O2. The Bertz CT molecular complexity index is 549. The van der Waals surface area contributed by atoms with Gasteiger partial charge in [0.2, 0.25) is 5.91 Å². The van der Waals surface area contributed by atoms with Crippen LogP contribution in [0, 0.1) is 6.92 Å². The van der Waals surface area contributed by atoms with Crippen molar-refractivity contribution in [3.63, 3.8) is 0 Å². The molecule has 0 unspecified atom stereocenters. The Kier molecular flexibility index (Phi) is 4.18. The smallest absolute Gasteiger partial charge is 0.228 e. The fourth-order valence-corrected chi connectivity index (χ4v) is 1.71. The van der Waals surface area contributed by atoms with Gasteiger partial charge in [0.05, 0.1) is 18.7 Å². The van der Waals surface area contributed by atoms with Gasteiger partial charge in [-0.05, 0) is 19.1 Å². The van der Waals surface area contributed by atoms with Crippen molar-refractivity contribution in [1.82, 2.24) is 9.78 Å². The maximum atomic E-state index is 11.7. The molecule has 0 aliphatic carbocycles. The second kappa shape index (κ2) is 6.04. The van der Waals surface area contributed by atoms with E-state index >= 15 is 0 Å². The molecular weight excluding hydrogens is 242 g/mol. The van der Waals surface area contributed by atoms with Crippen LogP contribution in [0.1, 0.15) is 12.1 Å². The first kappa shape index (κ1) is 13.1. The van der Waals surface area contributed by atoms with E-state index in [9.17, 15) is 4.79 Å². The van der Waals surface area contributed by atoms with Crippen molar-refractivity contribution >= 4 is 11.7 Å². The number of aryl methyl sites for hydroxylation is 2. The third-order valence-electron chi connectivity index (χ3n) is 2.61. The van der Waals surface area contributed by atoms with Crippen LogP contribution in [-0.2, 0) is 11.8 Å². The fourth-order valence-electron chi connectivity index (χ4n) is 1.71. The molecule has 1 aromatic carbocycles. The van der Waals surface area contributed by atoms with Gasteiger partial charge in [0.25, 0.3) is 0 Å². The number of benzene rings is 1. The number of carbonyl (C=O) groups excluding carboxylic acids is 1. The summed E-state index contributed by atoms with van der Waals surface area (Å²) in [5, 5.41) is 6.96. The highest BCUT2D eigenvalue weighted by molar-refractivity contribution is 5.89. The maximum absolute atomic E-state index is 11.7. The molecule has 1 N–H and O–H groups in total. The number of nitrogens with zero attached hydrogens (tertiary/aromatic N) is 2. The van der Waals surface area contributed by atoms with Gasteiger partial charge in [-0.15, -0.1) is 0 Å². The van der Waals surface area contributed by atoms with Crippen LogP contribution in [0.2, 0.25) is 0 Å². The Labute approximate surface area is 112 Å². The first-order valence-electron chi connectivity index (χ1n) is 6.13. The summed E-state index contributed by atoms with van der Waals surface area (Å²) in [5.41, 5.74) is 0.873. The fraction of sp³-hybridized carbons (Fsp3) is 0.286. The Morgan fingerprint density at radius 3 is 2.74 bits per heavy atom. The van der Waals surface area contributed by atoms with E-state index in [2.05, 4.69) is 10.4 Å². The van der Waals surface area contributed by atoms with E-state index in [-0.39, 0.29) is 5.91 Å². The van der Waals surface area contributed by atoms with Crippen LogP contribution < -0.4 is 10.1 Å². The average Bonchev–Trinajstić information content (AvgIpc) is 2.69. The van der Waals surface area contributed by atoms with E-state index in [0.717, 1.165) is 11.4 Å². The normalized spacial score (nSPS) is 10.2. The number of para-hydroxylation sites is 1. The van der Waals surface area contributed by atoms with Crippen molar-refractivity contribution in [2.75, 3.05) is 11.9 Å². The zero-order chi connectivity index (χ0) is 13.7. The van der Waals surface area contributed by atoms with E-state index < -0.39 is 0 Å². The molecule has 19 heavy (non-hydrogen) atoms. The van der Waals surface area contributed by atoms with Gasteiger partial charge in [-0.25, -0.2) is 0 Å². The molecule has 0 fully saturated rings. The van der Waals surface area contributed by atoms with E-state index in [0.29, 0.717) is 18.8 Å². The number of carbonyl (C=O) groups is 1. The minimum Gasteiger partial charge on any atom is -0.493 e. The highest BCUT2D eigenvalue weighted by Crippen LogP contribution is 2.10. The average molecular weight is 259 g/mol. The van der Waals surface area contributed by atoms with Crippen molar-refractivity contribution < 1.29 is 9.53 Å². The molecule has 0 aliphatic heterocycles. The van der Waals surface area contributed by atoms with Gasteiger partial charge in [-0.3, -0.25) is 9.48 Å². The summed E-state index contributed by atoms with van der Waals surface area (Å²) in [7, 11) is 1.79. The monoisotopic (exact) mass is 259 g/mol. The van der Waals surface area contributed by atoms with Gasteiger partial charge < -0.3 is 10.1 Å². The first-order chi connectivity index (χ1) is 9.15. The number of hydrogen-bond acceptors (Lipinski definition) is 3. The molecule has 100 valence electrons. The lowest BCUT2D eigenvalue weighted by Gasteiger charge is -2.07. The first-order valence-corrected chi connectivity index (χ1v) is 6.13. The summed E-state index contributed by atoms with van der Waals surface area (Å²) in [6.07, 6.45) is 0.305. The van der Waals surface area contributed by atoms with E-state index in [1.165, 1.54) is 0 Å². The third kappa shape index (κ3) is 3.84. The molecule has 1 heterocycles. The number of rotatable bonds is 5. The number of aromatic nitrogens is 2. The van der Waals surface area contributed by atoms with E-state index in [1.807, 2.05) is 43.3 Å². The number of ether oxygens (including phenoxy) is 1. The Hall–Kier alpha value is -2.30. The number of anilines is 1. The van der Waals surface area contributed by atoms with Gasteiger partial charge in [-0.1, -0.05) is 18.2 Å². The van der Waals surface area contributed by atoms with E-state index in [1.54, 1.807) is 11.7 Å². The predicted molar refractivity (Wildman–Crippen MR) is 73.1 cm³/mol. The molecule has 0 saturated heterocycles. The van der Waals surface area contributed by atoms with Gasteiger partial charge in [-0.2, -0.15) is 5.10 Å². The van der Waals surface area contributed by atoms with Crippen molar-refractivity contribution in [3.8, 4) is 5.75 Å². The Morgan fingerprint density at radius 1 is 1.37 bits per heavy atom. The Morgan fingerprint density at radius 2 is 2.11 bits per heavy atom. The van der Waals surface area contributed by atoms with Crippen LogP contribution >= 0.6 is 0 Å². The minimum absolute atomic E-state index is 0.0843. The van der Waals surface area contributed by atoms with Gasteiger partial charge in [0, 0.05) is 13.1 Å². The molecule has 5 nitrogen and oxygen atoms in total. The van der Waals surface area contributed by atoms with Crippen LogP contribution in [0.15, 0.2) is 36.4 Å². The second-order valence-electron chi connectivity index (χ2n) is 4.25. The van der Waals surface area contributed by atoms with Gasteiger partial charge >= 0.3 is 0 Å². The summed E-state index contributed by atoms with van der Waals surface area (Å²) >= 11 is 0. The van der Waals surface area contributed by atoms with Crippen LogP contribution in [0.4, 0.5) is 5.82 Å². The highest BCUT2D eigenvalue weighted by atomic mass is 16.5. The zero-order valence-electron chi connectivity index (χ0n) is 11.1. The topological polar surface area (TPSA) is 56.1 Å². The molecule has 0 saturated carbocycles. The summed E-state index contributed by atoms with van der Waals surface area (Å²) in [6.45, 7) is 2.24. The van der Waals surface area contributed by atoms with Crippen LogP contribution in [-0.4, -0.2) is 22.3 Å². The highest BCUT2D eigenvalue weighted by Gasteiger charge is 2.07. The number of hydrogen-bond donors (Lipinski definition) is 1. The Balaban J connectivity index is 1.78. The molecule has 2 rings (SSSR count). The molecule has 1 amide bonds. The van der Waals surface area contributed by atoms with Crippen LogP contribution in [0.5, 0.6) is 5.75 Å². The lowest BCUT2D eigenvalue weighted by molar-refractivity contribution is -0.116. The van der Waals surface area contributed by atoms with Gasteiger partial charge in [0.1, 0.15) is 11.6 Å². The lowest BCUT2D eigenvalue weighted by Crippen LogP contribution is -2.17. The summed E-state index contributed by atoms with van der Waals surface area (Å²) in [4.78, 5) is 11.7. The number of nitrogens with one attached hydrogen (secondary N) is 1. The standard InChI is InChI=1S/C14H17N3O2/c1-11-10-13(17(2)16-11)15-14(18)8-9-19-12-6-4-3-5-7-12/h3-7,10H,8-9H2,1-2H3,(H,15,18). The third-order valence-corrected chi connectivity index (χ3v) is 2.61. The predicted octanol–water partition coefficient (Wildman–Crippen LogP) is 2.14. The molecule has 1 aromatic heterocycles. The molecule has 0 aliphatic rings. The maximum Gasteiger partial charge on any atom is 0.228 e. The summed E-state index contributed by atoms with van der Waals surface area (Å²) in [6, 6.07) is 11.3. The molecule has 5 heteroatoms. The number of amides is 1. The quantitative estimate of drug-likeness (QED) is 0.895. The zero-order valence-corrected chi connectivity index (χ0v) is 11.1. The van der Waals surface area contributed by atoms with E-state index in [4.69, 9.17) is 4.74 Å². The molecule has 0 atom stereocenters.